The van der Waals surface area contributed by atoms with Gasteiger partial charge in [-0.25, -0.2) is 0 Å². The second-order valence-corrected chi connectivity index (χ2v) is 6.34. The number of hydrogen-bond donors (Lipinski definition) is 1. The molecule has 1 saturated carbocycles. The van der Waals surface area contributed by atoms with Gasteiger partial charge in [-0.1, -0.05) is 6.92 Å². The van der Waals surface area contributed by atoms with Crippen LogP contribution in [-0.2, 0) is 4.74 Å². The van der Waals surface area contributed by atoms with E-state index in [0.29, 0.717) is 6.04 Å². The van der Waals surface area contributed by atoms with E-state index in [4.69, 9.17) is 10.5 Å². The van der Waals surface area contributed by atoms with Crippen LogP contribution in [-0.4, -0.2) is 42.3 Å². The molecule has 0 aromatic rings. The smallest absolute Gasteiger partial charge is 0.0697 e. The first kappa shape index (κ1) is 11.9. The lowest BCUT2D eigenvalue weighted by molar-refractivity contribution is -0.149. The van der Waals surface area contributed by atoms with E-state index in [2.05, 4.69) is 11.8 Å². The van der Waals surface area contributed by atoms with Gasteiger partial charge in [0.05, 0.1) is 5.60 Å². The highest BCUT2D eigenvalue weighted by Crippen LogP contribution is 2.44. The molecule has 3 nitrogen and oxygen atoms in total. The molecule has 2 N–H and O–H groups in total. The summed E-state index contributed by atoms with van der Waals surface area (Å²) >= 11 is 0. The molecule has 3 aliphatic rings. The fourth-order valence-electron chi connectivity index (χ4n) is 4.06. The molecule has 3 rings (SSSR count). The number of nitrogens with zero attached hydrogens (tertiary/aromatic N) is 1. The number of rotatable bonds is 2. The largest absolute Gasteiger partial charge is 0.375 e. The second-order valence-electron chi connectivity index (χ2n) is 6.34. The third-order valence-electron chi connectivity index (χ3n) is 5.37. The molecule has 0 amide bonds. The fraction of sp³-hybridized carbons (Fsp3) is 1.00. The predicted molar refractivity (Wildman–Crippen MR) is 68.9 cm³/mol. The molecule has 2 heterocycles. The zero-order valence-electron chi connectivity index (χ0n) is 11.0. The summed E-state index contributed by atoms with van der Waals surface area (Å²) in [5, 5.41) is 0. The fourth-order valence-corrected chi connectivity index (χ4v) is 4.06. The van der Waals surface area contributed by atoms with Crippen LogP contribution in [0, 0.1) is 5.92 Å². The molecule has 0 radical (unpaired) electrons. The van der Waals surface area contributed by atoms with Gasteiger partial charge in [0.25, 0.3) is 0 Å². The van der Waals surface area contributed by atoms with Gasteiger partial charge >= 0.3 is 0 Å². The van der Waals surface area contributed by atoms with Crippen LogP contribution >= 0.6 is 0 Å². The van der Waals surface area contributed by atoms with Gasteiger partial charge in [0, 0.05) is 25.2 Å². The summed E-state index contributed by atoms with van der Waals surface area (Å²) in [6.07, 6.45) is 7.75. The van der Waals surface area contributed by atoms with Crippen LogP contribution in [0.4, 0.5) is 0 Å². The predicted octanol–water partition coefficient (Wildman–Crippen LogP) is 1.76. The molecule has 1 spiro atoms. The molecule has 17 heavy (non-hydrogen) atoms. The standard InChI is InChI=1S/C14H26N2O/c1-11-3-7-16(13(11)10-15)12-4-8-17-14(9-12)5-2-6-14/h11-13H,2-10,15H2,1H3. The number of hydrogen-bond acceptors (Lipinski definition) is 3. The Hall–Kier alpha value is -0.120. The molecular formula is C14H26N2O. The van der Waals surface area contributed by atoms with Crippen LogP contribution in [0.1, 0.15) is 45.4 Å². The average molecular weight is 238 g/mol. The quantitative estimate of drug-likeness (QED) is 0.796. The van der Waals surface area contributed by atoms with Crippen molar-refractivity contribution in [2.24, 2.45) is 11.7 Å². The Morgan fingerprint density at radius 2 is 2.18 bits per heavy atom. The summed E-state index contributed by atoms with van der Waals surface area (Å²) in [6, 6.07) is 1.36. The topological polar surface area (TPSA) is 38.5 Å². The van der Waals surface area contributed by atoms with Crippen molar-refractivity contribution in [3.8, 4) is 0 Å². The summed E-state index contributed by atoms with van der Waals surface area (Å²) < 4.78 is 6.03. The minimum atomic E-state index is 0.272. The van der Waals surface area contributed by atoms with Crippen LogP contribution < -0.4 is 5.73 Å². The van der Waals surface area contributed by atoms with E-state index in [1.165, 1.54) is 45.1 Å². The third-order valence-corrected chi connectivity index (χ3v) is 5.37. The van der Waals surface area contributed by atoms with Crippen molar-refractivity contribution in [3.05, 3.63) is 0 Å². The minimum absolute atomic E-state index is 0.272. The summed E-state index contributed by atoms with van der Waals surface area (Å²) in [5.41, 5.74) is 6.23. The zero-order valence-corrected chi connectivity index (χ0v) is 11.0. The van der Waals surface area contributed by atoms with Crippen LogP contribution in [0.3, 0.4) is 0 Å². The van der Waals surface area contributed by atoms with E-state index in [9.17, 15) is 0 Å². The lowest BCUT2D eigenvalue weighted by Gasteiger charge is -2.50. The van der Waals surface area contributed by atoms with Gasteiger partial charge in [0.1, 0.15) is 0 Å². The molecule has 2 saturated heterocycles. The normalized spacial score (nSPS) is 41.6. The first-order valence-corrected chi connectivity index (χ1v) is 7.34. The third kappa shape index (κ3) is 2.02. The number of nitrogens with two attached hydrogens (primary N) is 1. The van der Waals surface area contributed by atoms with Crippen molar-refractivity contribution < 1.29 is 4.74 Å². The van der Waals surface area contributed by atoms with E-state index < -0.39 is 0 Å². The lowest BCUT2D eigenvalue weighted by atomic mass is 9.73. The molecule has 98 valence electrons. The van der Waals surface area contributed by atoms with Gasteiger partial charge in [-0.2, -0.15) is 0 Å². The highest BCUT2D eigenvalue weighted by molar-refractivity contribution is 4.99. The summed E-state index contributed by atoms with van der Waals surface area (Å²) in [4.78, 5) is 2.70. The molecular weight excluding hydrogens is 212 g/mol. The first-order chi connectivity index (χ1) is 8.24. The summed E-state index contributed by atoms with van der Waals surface area (Å²) in [5.74, 6) is 0.778. The minimum Gasteiger partial charge on any atom is -0.375 e. The molecule has 3 atom stereocenters. The SMILES string of the molecule is CC1CCN(C2CCOC3(CCC3)C2)C1CN. The molecule has 0 bridgehead atoms. The Labute approximate surface area is 105 Å². The van der Waals surface area contributed by atoms with Crippen LogP contribution in [0.5, 0.6) is 0 Å². The van der Waals surface area contributed by atoms with Gasteiger partial charge in [-0.15, -0.1) is 0 Å². The summed E-state index contributed by atoms with van der Waals surface area (Å²) in [6.45, 7) is 5.40. The Bertz CT molecular complexity index is 277. The highest BCUT2D eigenvalue weighted by Gasteiger charge is 2.46. The number of ether oxygens (including phenoxy) is 1. The Kier molecular flexibility index (Phi) is 3.18. The molecule has 0 aromatic heterocycles. The summed E-state index contributed by atoms with van der Waals surface area (Å²) in [7, 11) is 0. The molecule has 0 aromatic carbocycles. The van der Waals surface area contributed by atoms with Crippen molar-refractivity contribution in [2.75, 3.05) is 19.7 Å². The lowest BCUT2D eigenvalue weighted by Crippen LogP contribution is -2.54. The Morgan fingerprint density at radius 1 is 1.35 bits per heavy atom. The first-order valence-electron chi connectivity index (χ1n) is 7.34. The van der Waals surface area contributed by atoms with E-state index in [-0.39, 0.29) is 5.60 Å². The van der Waals surface area contributed by atoms with Gasteiger partial charge in [-0.3, -0.25) is 4.90 Å². The zero-order chi connectivity index (χ0) is 11.9. The maximum absolute atomic E-state index is 6.03. The van der Waals surface area contributed by atoms with E-state index in [1.54, 1.807) is 0 Å². The molecule has 3 heteroatoms. The van der Waals surface area contributed by atoms with Crippen molar-refractivity contribution in [3.63, 3.8) is 0 Å². The molecule has 3 unspecified atom stereocenters. The molecule has 3 fully saturated rings. The average Bonchev–Trinajstić information content (AvgIpc) is 2.68. The van der Waals surface area contributed by atoms with Gasteiger partial charge in [0.2, 0.25) is 0 Å². The van der Waals surface area contributed by atoms with Crippen molar-refractivity contribution >= 4 is 0 Å². The molecule has 1 aliphatic carbocycles. The maximum Gasteiger partial charge on any atom is 0.0697 e. The Morgan fingerprint density at radius 3 is 2.82 bits per heavy atom. The second kappa shape index (κ2) is 4.52. The van der Waals surface area contributed by atoms with Gasteiger partial charge < -0.3 is 10.5 Å². The molecule has 2 aliphatic heterocycles. The van der Waals surface area contributed by atoms with Crippen molar-refractivity contribution in [1.82, 2.24) is 4.90 Å². The van der Waals surface area contributed by atoms with Crippen LogP contribution in [0.2, 0.25) is 0 Å². The van der Waals surface area contributed by atoms with E-state index >= 15 is 0 Å². The van der Waals surface area contributed by atoms with Crippen LogP contribution in [0.15, 0.2) is 0 Å². The van der Waals surface area contributed by atoms with Crippen molar-refractivity contribution in [2.45, 2.75) is 63.1 Å². The maximum atomic E-state index is 6.03. The van der Waals surface area contributed by atoms with Crippen molar-refractivity contribution in [1.29, 1.82) is 0 Å². The van der Waals surface area contributed by atoms with Gasteiger partial charge in [-0.05, 0) is 51.0 Å². The van der Waals surface area contributed by atoms with E-state index in [1.807, 2.05) is 0 Å². The Balaban J connectivity index is 1.67. The van der Waals surface area contributed by atoms with Crippen LogP contribution in [0.25, 0.3) is 0 Å². The number of likely N-dealkylation sites (tertiary alicyclic amines) is 1. The monoisotopic (exact) mass is 238 g/mol. The highest BCUT2D eigenvalue weighted by atomic mass is 16.5. The van der Waals surface area contributed by atoms with Gasteiger partial charge in [0.15, 0.2) is 0 Å². The van der Waals surface area contributed by atoms with E-state index in [0.717, 1.165) is 25.1 Å².